The zero-order valence-corrected chi connectivity index (χ0v) is 6.00. The van der Waals surface area contributed by atoms with Crippen molar-refractivity contribution >= 4 is 0 Å². The van der Waals surface area contributed by atoms with Crippen LogP contribution in [0.3, 0.4) is 0 Å². The van der Waals surface area contributed by atoms with Gasteiger partial charge in [0.25, 0.3) is 0 Å². The Morgan fingerprint density at radius 1 is 1.56 bits per heavy atom. The lowest BCUT2D eigenvalue weighted by Crippen LogP contribution is -2.19. The minimum absolute atomic E-state index is 0.366. The van der Waals surface area contributed by atoms with E-state index in [0.29, 0.717) is 11.8 Å². The third kappa shape index (κ3) is 1.43. The molecule has 0 aromatic carbocycles. The first-order valence-corrected chi connectivity index (χ1v) is 3.51. The summed E-state index contributed by atoms with van der Waals surface area (Å²) in [6.45, 7) is 4.95. The zero-order chi connectivity index (χ0) is 6.85. The molecule has 0 unspecified atom stereocenters. The fourth-order valence-electron chi connectivity index (χ4n) is 1.25. The Kier molecular flexibility index (Phi) is 2.09. The van der Waals surface area contributed by atoms with Gasteiger partial charge in [0.2, 0.25) is 0 Å². The summed E-state index contributed by atoms with van der Waals surface area (Å²) >= 11 is 0. The predicted molar refractivity (Wildman–Crippen MR) is 34.9 cm³/mol. The largest absolute Gasteiger partial charge is 0.368 e. The molecule has 1 aliphatic heterocycles. The van der Waals surface area contributed by atoms with E-state index in [0.717, 1.165) is 13.0 Å². The summed E-state index contributed by atoms with van der Waals surface area (Å²) in [5.74, 6) is 0.910. The lowest BCUT2D eigenvalue weighted by atomic mass is 9.94. The van der Waals surface area contributed by atoms with Crippen LogP contribution in [0.4, 0.5) is 0 Å². The van der Waals surface area contributed by atoms with Crippen molar-refractivity contribution in [2.75, 3.05) is 6.61 Å². The molecule has 0 aromatic heterocycles. The highest BCUT2D eigenvalue weighted by molar-refractivity contribution is 4.70. The van der Waals surface area contributed by atoms with Gasteiger partial charge in [-0.15, -0.1) is 0 Å². The lowest BCUT2D eigenvalue weighted by molar-refractivity contribution is -0.0901. The van der Waals surface area contributed by atoms with Crippen molar-refractivity contribution in [1.82, 2.24) is 0 Å². The van der Waals surface area contributed by atoms with Gasteiger partial charge in [-0.3, -0.25) is 0 Å². The van der Waals surface area contributed by atoms with E-state index in [1.807, 2.05) is 0 Å². The maximum Gasteiger partial charge on any atom is 0.157 e. The first-order valence-electron chi connectivity index (χ1n) is 3.51. The highest BCUT2D eigenvalue weighted by Crippen LogP contribution is 2.25. The van der Waals surface area contributed by atoms with E-state index in [1.54, 1.807) is 0 Å². The van der Waals surface area contributed by atoms with Crippen LogP contribution in [0.2, 0.25) is 0 Å². The molecule has 1 saturated heterocycles. The Hall–Kier alpha value is -0.0800. The average molecular weight is 130 g/mol. The molecule has 0 bridgehead atoms. The van der Waals surface area contributed by atoms with E-state index in [9.17, 15) is 0 Å². The fraction of sp³-hybridized carbons (Fsp3) is 1.00. The maximum atomic E-state index is 9.14. The van der Waals surface area contributed by atoms with Crippen molar-refractivity contribution in [2.24, 2.45) is 11.8 Å². The quantitative estimate of drug-likeness (QED) is 0.573. The van der Waals surface area contributed by atoms with Gasteiger partial charge in [0, 0.05) is 5.92 Å². The molecule has 1 fully saturated rings. The molecule has 1 N–H and O–H groups in total. The summed E-state index contributed by atoms with van der Waals surface area (Å²) in [5.41, 5.74) is 0. The molecule has 0 radical (unpaired) electrons. The van der Waals surface area contributed by atoms with E-state index in [1.165, 1.54) is 0 Å². The van der Waals surface area contributed by atoms with Gasteiger partial charge in [-0.1, -0.05) is 13.8 Å². The van der Waals surface area contributed by atoms with Crippen molar-refractivity contribution in [2.45, 2.75) is 26.6 Å². The standard InChI is InChI=1S/C7H14O2/c1-5(2)6-3-4-9-7(6)8/h5-8H,3-4H2,1-2H3/t6-,7+/m0/s1. The van der Waals surface area contributed by atoms with E-state index in [2.05, 4.69) is 13.8 Å². The Labute approximate surface area is 55.8 Å². The lowest BCUT2D eigenvalue weighted by Gasteiger charge is -2.15. The summed E-state index contributed by atoms with van der Waals surface area (Å²) < 4.78 is 4.98. The predicted octanol–water partition coefficient (Wildman–Crippen LogP) is 0.997. The second kappa shape index (κ2) is 2.67. The molecule has 0 amide bonds. The zero-order valence-electron chi connectivity index (χ0n) is 6.00. The molecule has 1 aliphatic rings. The van der Waals surface area contributed by atoms with Gasteiger partial charge in [-0.2, -0.15) is 0 Å². The van der Waals surface area contributed by atoms with Crippen LogP contribution in [-0.2, 0) is 4.74 Å². The third-order valence-corrected chi connectivity index (χ3v) is 1.96. The Balaban J connectivity index is 2.40. The molecule has 2 atom stereocenters. The van der Waals surface area contributed by atoms with E-state index < -0.39 is 6.29 Å². The van der Waals surface area contributed by atoms with Crippen LogP contribution in [0.1, 0.15) is 20.3 Å². The van der Waals surface area contributed by atoms with Gasteiger partial charge in [0.15, 0.2) is 6.29 Å². The summed E-state index contributed by atoms with van der Waals surface area (Å²) in [7, 11) is 0. The van der Waals surface area contributed by atoms with Crippen molar-refractivity contribution in [3.63, 3.8) is 0 Å². The number of aliphatic hydroxyl groups excluding tert-OH is 1. The van der Waals surface area contributed by atoms with Crippen LogP contribution in [0.5, 0.6) is 0 Å². The van der Waals surface area contributed by atoms with E-state index in [-0.39, 0.29) is 0 Å². The Morgan fingerprint density at radius 2 is 2.22 bits per heavy atom. The molecule has 2 heteroatoms. The van der Waals surface area contributed by atoms with Crippen LogP contribution in [0.15, 0.2) is 0 Å². The summed E-state index contributed by atoms with van der Waals surface area (Å²) in [5, 5.41) is 9.14. The first kappa shape index (κ1) is 7.03. The molecule has 2 nitrogen and oxygen atoms in total. The summed E-state index contributed by atoms with van der Waals surface area (Å²) in [6, 6.07) is 0. The highest BCUT2D eigenvalue weighted by Gasteiger charge is 2.28. The van der Waals surface area contributed by atoms with Crippen molar-refractivity contribution < 1.29 is 9.84 Å². The van der Waals surface area contributed by atoms with E-state index in [4.69, 9.17) is 9.84 Å². The van der Waals surface area contributed by atoms with Crippen LogP contribution < -0.4 is 0 Å². The number of hydrogen-bond donors (Lipinski definition) is 1. The molecule has 0 saturated carbocycles. The van der Waals surface area contributed by atoms with Crippen LogP contribution in [0, 0.1) is 11.8 Å². The van der Waals surface area contributed by atoms with Crippen molar-refractivity contribution in [1.29, 1.82) is 0 Å². The monoisotopic (exact) mass is 130 g/mol. The summed E-state index contributed by atoms with van der Waals surface area (Å²) in [6.07, 6.45) is 0.517. The van der Waals surface area contributed by atoms with Gasteiger partial charge in [0.05, 0.1) is 6.61 Å². The van der Waals surface area contributed by atoms with Crippen molar-refractivity contribution in [3.05, 3.63) is 0 Å². The number of aliphatic hydroxyl groups is 1. The van der Waals surface area contributed by atoms with Gasteiger partial charge < -0.3 is 9.84 Å². The smallest absolute Gasteiger partial charge is 0.157 e. The molecule has 9 heavy (non-hydrogen) atoms. The Bertz CT molecular complexity index is 90.9. The number of rotatable bonds is 1. The molecule has 54 valence electrons. The number of ether oxygens (including phenoxy) is 1. The second-order valence-corrected chi connectivity index (χ2v) is 2.96. The SMILES string of the molecule is CC(C)[C@@H]1CCO[C@H]1O. The van der Waals surface area contributed by atoms with Gasteiger partial charge in [0.1, 0.15) is 0 Å². The van der Waals surface area contributed by atoms with Crippen molar-refractivity contribution in [3.8, 4) is 0 Å². The minimum atomic E-state index is -0.495. The molecule has 1 rings (SSSR count). The molecule has 0 aromatic rings. The fourth-order valence-corrected chi connectivity index (χ4v) is 1.25. The first-order chi connectivity index (χ1) is 4.22. The number of hydrogen-bond acceptors (Lipinski definition) is 2. The topological polar surface area (TPSA) is 29.5 Å². The molecule has 1 heterocycles. The normalized spacial score (nSPS) is 36.0. The average Bonchev–Trinajstić information content (AvgIpc) is 2.13. The highest BCUT2D eigenvalue weighted by atomic mass is 16.6. The molecule has 0 aliphatic carbocycles. The van der Waals surface area contributed by atoms with E-state index >= 15 is 0 Å². The molecular weight excluding hydrogens is 116 g/mol. The van der Waals surface area contributed by atoms with Crippen LogP contribution in [0.25, 0.3) is 0 Å². The third-order valence-electron chi connectivity index (χ3n) is 1.96. The summed E-state index contributed by atoms with van der Waals surface area (Å²) in [4.78, 5) is 0. The second-order valence-electron chi connectivity index (χ2n) is 2.96. The van der Waals surface area contributed by atoms with Crippen LogP contribution >= 0.6 is 0 Å². The maximum absolute atomic E-state index is 9.14. The molecule has 0 spiro atoms. The molecular formula is C7H14O2. The van der Waals surface area contributed by atoms with Gasteiger partial charge in [-0.05, 0) is 12.3 Å². The van der Waals surface area contributed by atoms with Gasteiger partial charge in [-0.25, -0.2) is 0 Å². The van der Waals surface area contributed by atoms with Crippen LogP contribution in [-0.4, -0.2) is 18.0 Å². The van der Waals surface area contributed by atoms with Gasteiger partial charge >= 0.3 is 0 Å². The minimum Gasteiger partial charge on any atom is -0.368 e. The Morgan fingerprint density at radius 3 is 2.44 bits per heavy atom.